The molecule has 3 aromatic heterocycles. The van der Waals surface area contributed by atoms with Gasteiger partial charge in [-0.25, -0.2) is 18.7 Å². The molecule has 4 aromatic rings. The molecule has 0 fully saturated rings. The molecule has 4 rings (SSSR count). The minimum atomic E-state index is -0.727. The number of carbonyl (C=O) groups is 1. The Hall–Kier alpha value is -3.95. The highest BCUT2D eigenvalue weighted by Crippen LogP contribution is 2.19. The second kappa shape index (κ2) is 8.82. The average Bonchev–Trinajstić information content (AvgIpc) is 3.44. The summed E-state index contributed by atoms with van der Waals surface area (Å²) in [5, 5.41) is 6.50. The normalized spacial score (nSPS) is 10.9. The third-order valence-electron chi connectivity index (χ3n) is 4.47. The van der Waals surface area contributed by atoms with Gasteiger partial charge in [-0.1, -0.05) is 18.1 Å². The van der Waals surface area contributed by atoms with Crippen molar-refractivity contribution in [2.75, 3.05) is 0 Å². The molecule has 0 saturated carbocycles. The van der Waals surface area contributed by atoms with Gasteiger partial charge in [-0.05, 0) is 24.6 Å². The SMILES string of the molecule is CCCc1noc(-c2ccnc(-n3cnc(C(=O)NCc4ccc(F)cc4F)c3)c2)n1. The molecule has 0 unspecified atom stereocenters. The lowest BCUT2D eigenvalue weighted by atomic mass is 10.2. The van der Waals surface area contributed by atoms with E-state index in [9.17, 15) is 13.6 Å². The predicted molar refractivity (Wildman–Crippen MR) is 106 cm³/mol. The summed E-state index contributed by atoms with van der Waals surface area (Å²) in [6.07, 6.45) is 6.16. The van der Waals surface area contributed by atoms with E-state index in [1.807, 2.05) is 6.92 Å². The fraction of sp³-hybridized carbons (Fsp3) is 0.190. The van der Waals surface area contributed by atoms with Crippen molar-refractivity contribution in [1.29, 1.82) is 0 Å². The van der Waals surface area contributed by atoms with Crippen LogP contribution in [0.5, 0.6) is 0 Å². The van der Waals surface area contributed by atoms with Crippen LogP contribution < -0.4 is 5.32 Å². The van der Waals surface area contributed by atoms with Crippen molar-refractivity contribution in [3.8, 4) is 17.3 Å². The molecule has 8 nitrogen and oxygen atoms in total. The third-order valence-corrected chi connectivity index (χ3v) is 4.47. The highest BCUT2D eigenvalue weighted by molar-refractivity contribution is 5.92. The lowest BCUT2D eigenvalue weighted by Crippen LogP contribution is -2.23. The summed E-state index contributed by atoms with van der Waals surface area (Å²) >= 11 is 0. The molecule has 1 N–H and O–H groups in total. The molecular formula is C21H18F2N6O2. The van der Waals surface area contributed by atoms with Crippen LogP contribution in [0, 0.1) is 11.6 Å². The molecule has 0 radical (unpaired) electrons. The van der Waals surface area contributed by atoms with Gasteiger partial charge in [-0.3, -0.25) is 9.36 Å². The number of nitrogens with zero attached hydrogens (tertiary/aromatic N) is 5. The summed E-state index contributed by atoms with van der Waals surface area (Å²) in [5.41, 5.74) is 0.981. The number of carbonyl (C=O) groups excluding carboxylic acids is 1. The van der Waals surface area contributed by atoms with Crippen LogP contribution in [-0.2, 0) is 13.0 Å². The van der Waals surface area contributed by atoms with Crippen molar-refractivity contribution >= 4 is 5.91 Å². The highest BCUT2D eigenvalue weighted by Gasteiger charge is 2.14. The predicted octanol–water partition coefficient (Wildman–Crippen LogP) is 3.48. The average molecular weight is 424 g/mol. The molecule has 0 aliphatic heterocycles. The number of imidazole rings is 1. The van der Waals surface area contributed by atoms with E-state index in [1.54, 1.807) is 22.9 Å². The van der Waals surface area contributed by atoms with E-state index in [0.717, 1.165) is 25.0 Å². The van der Waals surface area contributed by atoms with Gasteiger partial charge in [-0.15, -0.1) is 0 Å². The van der Waals surface area contributed by atoms with E-state index in [4.69, 9.17) is 4.52 Å². The minimum Gasteiger partial charge on any atom is -0.346 e. The van der Waals surface area contributed by atoms with E-state index in [0.29, 0.717) is 23.1 Å². The molecule has 31 heavy (non-hydrogen) atoms. The standard InChI is InChI=1S/C21H18F2N6O2/c1-2-3-18-27-21(31-28-18)13-6-7-24-19(8-13)29-11-17(26-12-29)20(30)25-10-14-4-5-15(22)9-16(14)23/h4-9,11-12H,2-3,10H2,1H3,(H,25,30). The lowest BCUT2D eigenvalue weighted by Gasteiger charge is -2.05. The summed E-state index contributed by atoms with van der Waals surface area (Å²) in [4.78, 5) is 25.1. The van der Waals surface area contributed by atoms with Gasteiger partial charge in [0.25, 0.3) is 11.8 Å². The quantitative estimate of drug-likeness (QED) is 0.488. The number of halogens is 2. The largest absolute Gasteiger partial charge is 0.346 e. The molecule has 158 valence electrons. The number of aromatic nitrogens is 5. The van der Waals surface area contributed by atoms with Crippen molar-refractivity contribution < 1.29 is 18.1 Å². The maximum atomic E-state index is 13.7. The monoisotopic (exact) mass is 424 g/mol. The van der Waals surface area contributed by atoms with Crippen LogP contribution in [0.1, 0.15) is 35.2 Å². The van der Waals surface area contributed by atoms with Gasteiger partial charge in [0.1, 0.15) is 29.5 Å². The maximum Gasteiger partial charge on any atom is 0.271 e. The first-order chi connectivity index (χ1) is 15.0. The van der Waals surface area contributed by atoms with E-state index >= 15 is 0 Å². The molecule has 0 saturated heterocycles. The summed E-state index contributed by atoms with van der Waals surface area (Å²) in [7, 11) is 0. The zero-order chi connectivity index (χ0) is 21.8. The van der Waals surface area contributed by atoms with Gasteiger partial charge < -0.3 is 9.84 Å². The van der Waals surface area contributed by atoms with Crippen molar-refractivity contribution in [2.24, 2.45) is 0 Å². The van der Waals surface area contributed by atoms with E-state index in [-0.39, 0.29) is 17.8 Å². The summed E-state index contributed by atoms with van der Waals surface area (Å²) in [5.74, 6) is -0.386. The van der Waals surface area contributed by atoms with Crippen molar-refractivity contribution in [2.45, 2.75) is 26.3 Å². The van der Waals surface area contributed by atoms with Gasteiger partial charge in [0.15, 0.2) is 5.82 Å². The first-order valence-electron chi connectivity index (χ1n) is 9.59. The van der Waals surface area contributed by atoms with Gasteiger partial charge in [-0.2, -0.15) is 4.98 Å². The molecule has 10 heteroatoms. The summed E-state index contributed by atoms with van der Waals surface area (Å²) in [6.45, 7) is 1.94. The Kier molecular flexibility index (Phi) is 5.78. The van der Waals surface area contributed by atoms with Crippen LogP contribution >= 0.6 is 0 Å². The molecule has 0 aliphatic rings. The molecule has 1 aromatic carbocycles. The van der Waals surface area contributed by atoms with Crippen molar-refractivity contribution in [1.82, 2.24) is 30.0 Å². The maximum absolute atomic E-state index is 13.7. The topological polar surface area (TPSA) is 98.7 Å². The number of hydrogen-bond acceptors (Lipinski definition) is 6. The number of amides is 1. The Balaban J connectivity index is 1.47. The summed E-state index contributed by atoms with van der Waals surface area (Å²) in [6, 6.07) is 6.66. The van der Waals surface area contributed by atoms with Crippen LogP contribution in [0.2, 0.25) is 0 Å². The highest BCUT2D eigenvalue weighted by atomic mass is 19.1. The number of nitrogens with one attached hydrogen (secondary N) is 1. The van der Waals surface area contributed by atoms with Crippen LogP contribution in [0.25, 0.3) is 17.3 Å². The van der Waals surface area contributed by atoms with Gasteiger partial charge in [0.2, 0.25) is 0 Å². The van der Waals surface area contributed by atoms with Crippen molar-refractivity contribution in [3.63, 3.8) is 0 Å². The molecule has 0 aliphatic carbocycles. The van der Waals surface area contributed by atoms with Crippen LogP contribution in [-0.4, -0.2) is 30.6 Å². The fourth-order valence-electron chi connectivity index (χ4n) is 2.89. The Bertz CT molecular complexity index is 1220. The Labute approximate surface area is 176 Å². The molecule has 0 atom stereocenters. The van der Waals surface area contributed by atoms with E-state index in [2.05, 4.69) is 25.4 Å². The van der Waals surface area contributed by atoms with Crippen LogP contribution in [0.4, 0.5) is 8.78 Å². The fourth-order valence-corrected chi connectivity index (χ4v) is 2.89. The Morgan fingerprint density at radius 1 is 1.19 bits per heavy atom. The van der Waals surface area contributed by atoms with Crippen molar-refractivity contribution in [3.05, 3.63) is 77.8 Å². The van der Waals surface area contributed by atoms with Crippen LogP contribution in [0.15, 0.2) is 53.6 Å². The molecular weight excluding hydrogens is 406 g/mol. The third kappa shape index (κ3) is 4.63. The second-order valence-corrected chi connectivity index (χ2v) is 6.75. The number of hydrogen-bond donors (Lipinski definition) is 1. The smallest absolute Gasteiger partial charge is 0.271 e. The number of pyridine rings is 1. The minimum absolute atomic E-state index is 0.0944. The summed E-state index contributed by atoms with van der Waals surface area (Å²) < 4.78 is 33.6. The van der Waals surface area contributed by atoms with Gasteiger partial charge in [0, 0.05) is 42.6 Å². The molecule has 0 spiro atoms. The molecule has 1 amide bonds. The van der Waals surface area contributed by atoms with Crippen LogP contribution in [0.3, 0.4) is 0 Å². The van der Waals surface area contributed by atoms with Gasteiger partial charge in [0.05, 0.1) is 0 Å². The number of aryl methyl sites for hydroxylation is 1. The first kappa shape index (κ1) is 20.3. The Morgan fingerprint density at radius 3 is 2.87 bits per heavy atom. The van der Waals surface area contributed by atoms with E-state index < -0.39 is 17.5 Å². The molecule has 3 heterocycles. The van der Waals surface area contributed by atoms with E-state index in [1.165, 1.54) is 18.6 Å². The second-order valence-electron chi connectivity index (χ2n) is 6.75. The molecule has 0 bridgehead atoms. The number of rotatable bonds is 7. The zero-order valence-corrected chi connectivity index (χ0v) is 16.5. The lowest BCUT2D eigenvalue weighted by molar-refractivity contribution is 0.0946. The zero-order valence-electron chi connectivity index (χ0n) is 16.5. The Morgan fingerprint density at radius 2 is 2.06 bits per heavy atom. The number of benzene rings is 1. The van der Waals surface area contributed by atoms with Gasteiger partial charge >= 0.3 is 0 Å². The first-order valence-corrected chi connectivity index (χ1v) is 9.59.